The Labute approximate surface area is 127 Å². The quantitative estimate of drug-likeness (QED) is 0.622. The highest BCUT2D eigenvalue weighted by Crippen LogP contribution is 2.50. The van der Waals surface area contributed by atoms with Crippen LogP contribution in [-0.4, -0.2) is 30.6 Å². The van der Waals surface area contributed by atoms with E-state index >= 15 is 0 Å². The first-order valence-corrected chi connectivity index (χ1v) is 9.86. The van der Waals surface area contributed by atoms with Gasteiger partial charge in [-0.2, -0.15) is 0 Å². The molecule has 21 heavy (non-hydrogen) atoms. The summed E-state index contributed by atoms with van der Waals surface area (Å²) in [4.78, 5) is 0. The highest BCUT2D eigenvalue weighted by Gasteiger charge is 2.51. The molecule has 3 nitrogen and oxygen atoms in total. The second-order valence-corrected chi connectivity index (χ2v) is 10.4. The molecule has 0 aromatic heterocycles. The van der Waals surface area contributed by atoms with Gasteiger partial charge in [0.05, 0.1) is 11.2 Å². The summed E-state index contributed by atoms with van der Waals surface area (Å²) in [5.41, 5.74) is 0.353. The summed E-state index contributed by atoms with van der Waals surface area (Å²) in [7, 11) is -2.45. The van der Waals surface area contributed by atoms with Crippen LogP contribution in [0.4, 0.5) is 0 Å². The molecule has 1 aromatic carbocycles. The lowest BCUT2D eigenvalue weighted by molar-refractivity contribution is 0.00578. The van der Waals surface area contributed by atoms with Gasteiger partial charge in [-0.25, -0.2) is 0 Å². The molecule has 0 aliphatic carbocycles. The highest BCUT2D eigenvalue weighted by atomic mass is 31.2. The zero-order valence-electron chi connectivity index (χ0n) is 13.4. The van der Waals surface area contributed by atoms with E-state index in [2.05, 4.69) is 27.7 Å². The summed E-state index contributed by atoms with van der Waals surface area (Å²) in [6.45, 7) is 8.21. The van der Waals surface area contributed by atoms with Crippen molar-refractivity contribution in [1.82, 2.24) is 0 Å². The Morgan fingerprint density at radius 3 is 1.90 bits per heavy atom. The van der Waals surface area contributed by atoms with Crippen molar-refractivity contribution in [2.45, 2.75) is 51.7 Å². The predicted molar refractivity (Wildman–Crippen MR) is 88.4 cm³/mol. The maximum Gasteiger partial charge on any atom is 0.494 e. The van der Waals surface area contributed by atoms with Gasteiger partial charge in [-0.15, -0.1) is 0 Å². The first kappa shape index (κ1) is 15.3. The first-order valence-electron chi connectivity index (χ1n) is 7.78. The number of benzene rings is 1. The van der Waals surface area contributed by atoms with E-state index in [1.54, 1.807) is 0 Å². The molecule has 0 atom stereocenters. The summed E-state index contributed by atoms with van der Waals surface area (Å²) in [5.74, 6) is 0. The maximum atomic E-state index is 12.8. The molecule has 0 N–H and O–H groups in total. The summed E-state index contributed by atoms with van der Waals surface area (Å²) in [5, 5.41) is 1.01. The van der Waals surface area contributed by atoms with Gasteiger partial charge in [0.1, 0.15) is 7.14 Å². The molecule has 5 heteroatoms. The minimum absolute atomic E-state index is 0.325. The number of hydrogen-bond donors (Lipinski definition) is 0. The van der Waals surface area contributed by atoms with E-state index in [9.17, 15) is 4.57 Å². The van der Waals surface area contributed by atoms with E-state index in [-0.39, 0.29) is 18.3 Å². The second-order valence-electron chi connectivity index (χ2n) is 7.22. The van der Waals surface area contributed by atoms with Gasteiger partial charge in [-0.3, -0.25) is 0 Å². The van der Waals surface area contributed by atoms with Crippen LogP contribution in [0.1, 0.15) is 40.5 Å². The molecule has 1 aromatic rings. The lowest BCUT2D eigenvalue weighted by atomic mass is 9.79. The summed E-state index contributed by atoms with van der Waals surface area (Å²) < 4.78 is 24.9. The van der Waals surface area contributed by atoms with Crippen molar-refractivity contribution < 1.29 is 13.9 Å². The molecule has 3 rings (SSSR count). The maximum absolute atomic E-state index is 12.8. The lowest BCUT2D eigenvalue weighted by Crippen LogP contribution is -2.41. The van der Waals surface area contributed by atoms with Crippen molar-refractivity contribution in [3.63, 3.8) is 0 Å². The van der Waals surface area contributed by atoms with Crippen molar-refractivity contribution in [2.24, 2.45) is 0 Å². The Morgan fingerprint density at radius 1 is 0.952 bits per heavy atom. The van der Waals surface area contributed by atoms with Crippen LogP contribution < -0.4 is 10.8 Å². The third kappa shape index (κ3) is 2.63. The van der Waals surface area contributed by atoms with E-state index in [1.807, 2.05) is 24.3 Å². The predicted octanol–water partition coefficient (Wildman–Crippen LogP) is 2.77. The summed E-state index contributed by atoms with van der Waals surface area (Å²) in [6, 6.07) is 8.03. The van der Waals surface area contributed by atoms with Crippen LogP contribution >= 0.6 is 7.14 Å². The fraction of sp³-hybridized carbons (Fsp3) is 0.625. The third-order valence-electron chi connectivity index (χ3n) is 5.18. The van der Waals surface area contributed by atoms with E-state index in [0.717, 1.165) is 35.9 Å². The topological polar surface area (TPSA) is 35.5 Å². The highest BCUT2D eigenvalue weighted by molar-refractivity contribution is 7.71. The van der Waals surface area contributed by atoms with Gasteiger partial charge in [0, 0.05) is 17.6 Å². The molecule has 114 valence electrons. The fourth-order valence-corrected chi connectivity index (χ4v) is 5.89. The van der Waals surface area contributed by atoms with Crippen molar-refractivity contribution in [3.8, 4) is 0 Å². The van der Waals surface area contributed by atoms with Crippen LogP contribution in [0, 0.1) is 0 Å². The van der Waals surface area contributed by atoms with Gasteiger partial charge >= 0.3 is 7.12 Å². The number of rotatable bonds is 2. The average Bonchev–Trinajstić information content (AvgIpc) is 2.93. The zero-order valence-corrected chi connectivity index (χ0v) is 14.3. The van der Waals surface area contributed by atoms with Gasteiger partial charge in [0.25, 0.3) is 0 Å². The van der Waals surface area contributed by atoms with Gasteiger partial charge in [-0.05, 0) is 46.0 Å². The van der Waals surface area contributed by atoms with Gasteiger partial charge < -0.3 is 13.9 Å². The molecule has 0 spiro atoms. The zero-order chi connectivity index (χ0) is 15.3. The monoisotopic (exact) mass is 306 g/mol. The fourth-order valence-electron chi connectivity index (χ4n) is 2.99. The molecule has 2 saturated heterocycles. The molecule has 2 aliphatic heterocycles. The van der Waals surface area contributed by atoms with Crippen molar-refractivity contribution in [1.29, 1.82) is 0 Å². The Balaban J connectivity index is 1.81. The minimum atomic E-state index is -2.11. The van der Waals surface area contributed by atoms with Crippen molar-refractivity contribution in [3.05, 3.63) is 24.3 Å². The Morgan fingerprint density at radius 2 is 1.43 bits per heavy atom. The third-order valence-corrected chi connectivity index (χ3v) is 8.49. The lowest BCUT2D eigenvalue weighted by Gasteiger charge is -2.32. The van der Waals surface area contributed by atoms with Crippen molar-refractivity contribution in [2.75, 3.05) is 12.3 Å². The molecule has 0 amide bonds. The van der Waals surface area contributed by atoms with E-state index in [0.29, 0.717) is 0 Å². The van der Waals surface area contributed by atoms with Crippen LogP contribution in [0.15, 0.2) is 24.3 Å². The molecule has 2 fully saturated rings. The molecular formula is C16H24BO3P. The minimum Gasteiger partial charge on any atom is -0.399 e. The van der Waals surface area contributed by atoms with Crippen LogP contribution in [0.5, 0.6) is 0 Å². The van der Waals surface area contributed by atoms with Gasteiger partial charge in [0.2, 0.25) is 0 Å². The van der Waals surface area contributed by atoms with Gasteiger partial charge in [0.15, 0.2) is 0 Å². The van der Waals surface area contributed by atoms with Gasteiger partial charge in [-0.1, -0.05) is 24.3 Å². The second kappa shape index (κ2) is 4.98. The average molecular weight is 306 g/mol. The molecule has 0 bridgehead atoms. The Kier molecular flexibility index (Phi) is 3.63. The van der Waals surface area contributed by atoms with Crippen molar-refractivity contribution >= 4 is 25.0 Å². The molecule has 2 heterocycles. The molecule has 0 saturated carbocycles. The Hall–Kier alpha value is -0.565. The largest absolute Gasteiger partial charge is 0.494 e. The summed E-state index contributed by atoms with van der Waals surface area (Å²) in [6.07, 6.45) is 3.91. The summed E-state index contributed by atoms with van der Waals surface area (Å²) >= 11 is 0. The SMILES string of the molecule is CC1(C)OB(c2ccc(P3(=O)CCCC3)cc2)OC1(C)C. The number of hydrogen-bond acceptors (Lipinski definition) is 3. The molecular weight excluding hydrogens is 282 g/mol. The molecule has 2 aliphatic rings. The van der Waals surface area contributed by atoms with E-state index < -0.39 is 7.14 Å². The first-order chi connectivity index (χ1) is 9.74. The normalized spacial score (nSPS) is 26.2. The molecule has 0 radical (unpaired) electrons. The van der Waals surface area contributed by atoms with Crippen LogP contribution in [0.3, 0.4) is 0 Å². The van der Waals surface area contributed by atoms with Crippen LogP contribution in [-0.2, 0) is 13.9 Å². The van der Waals surface area contributed by atoms with Crippen LogP contribution in [0.25, 0.3) is 0 Å². The smallest absolute Gasteiger partial charge is 0.399 e. The standard InChI is InChI=1S/C16H24BO3P/c1-15(2)16(3,4)20-17(19-15)13-7-9-14(10-8-13)21(18)11-5-6-12-21/h7-10H,5-6,11-12H2,1-4H3. The van der Waals surface area contributed by atoms with E-state index in [4.69, 9.17) is 9.31 Å². The van der Waals surface area contributed by atoms with Crippen LogP contribution in [0.2, 0.25) is 0 Å². The Bertz CT molecular complexity index is 554. The molecule has 0 unspecified atom stereocenters. The van der Waals surface area contributed by atoms with E-state index in [1.165, 1.54) is 0 Å².